The summed E-state index contributed by atoms with van der Waals surface area (Å²) in [5, 5.41) is 4.22. The van der Waals surface area contributed by atoms with E-state index in [4.69, 9.17) is 10.7 Å². The Morgan fingerprint density at radius 2 is 1.95 bits per heavy atom. The van der Waals surface area contributed by atoms with Crippen LogP contribution in [0, 0.1) is 0 Å². The lowest BCUT2D eigenvalue weighted by Crippen LogP contribution is -2.24. The Labute approximate surface area is 120 Å². The number of rotatable bonds is 0. The molecular weight excluding hydrogens is 264 g/mol. The van der Waals surface area contributed by atoms with E-state index in [2.05, 4.69) is 36.9 Å². The molecule has 0 unspecified atom stereocenters. The number of nitrogen functional groups attached to an aromatic ring is 1. The monoisotopic (exact) mass is 276 g/mol. The molecule has 0 fully saturated rings. The molecule has 2 nitrogen and oxygen atoms in total. The van der Waals surface area contributed by atoms with Crippen molar-refractivity contribution in [1.29, 1.82) is 0 Å². The van der Waals surface area contributed by atoms with E-state index >= 15 is 0 Å². The van der Waals surface area contributed by atoms with Gasteiger partial charge in [-0.25, -0.2) is 4.99 Å². The van der Waals surface area contributed by atoms with Crippen molar-refractivity contribution < 1.29 is 0 Å². The van der Waals surface area contributed by atoms with Gasteiger partial charge in [-0.2, -0.15) is 0 Å². The molecule has 4 rings (SSSR count). The summed E-state index contributed by atoms with van der Waals surface area (Å²) in [7, 11) is 0. The first-order valence-corrected chi connectivity index (χ1v) is 7.21. The van der Waals surface area contributed by atoms with E-state index in [1.54, 1.807) is 11.3 Å². The van der Waals surface area contributed by atoms with E-state index in [1.807, 2.05) is 18.2 Å². The topological polar surface area (TPSA) is 38.4 Å². The van der Waals surface area contributed by atoms with Crippen molar-refractivity contribution in [3.63, 3.8) is 0 Å². The Balaban J connectivity index is 2.15. The van der Waals surface area contributed by atoms with Gasteiger partial charge >= 0.3 is 0 Å². The number of allylic oxidation sites excluding steroid dienone is 1. The molecule has 0 amide bonds. The van der Waals surface area contributed by atoms with Crippen molar-refractivity contribution in [1.82, 2.24) is 0 Å². The lowest BCUT2D eigenvalue weighted by molar-refractivity contribution is 1.34. The number of hydrogen-bond acceptors (Lipinski definition) is 3. The first-order chi connectivity index (χ1) is 9.72. The van der Waals surface area contributed by atoms with E-state index in [-0.39, 0.29) is 0 Å². The maximum absolute atomic E-state index is 5.86. The fourth-order valence-electron chi connectivity index (χ4n) is 2.58. The first kappa shape index (κ1) is 11.4. The Kier molecular flexibility index (Phi) is 2.32. The van der Waals surface area contributed by atoms with E-state index in [1.165, 1.54) is 10.1 Å². The van der Waals surface area contributed by atoms with E-state index in [0.717, 1.165) is 32.4 Å². The molecule has 3 heteroatoms. The number of nitrogens with two attached hydrogens (primary N) is 1. The maximum atomic E-state index is 5.86. The van der Waals surface area contributed by atoms with Gasteiger partial charge in [0.1, 0.15) is 5.00 Å². The second kappa shape index (κ2) is 4.05. The van der Waals surface area contributed by atoms with E-state index < -0.39 is 0 Å². The number of fused-ring (bicyclic) bond motifs is 4. The molecule has 2 aromatic carbocycles. The molecule has 1 aliphatic rings. The predicted molar refractivity (Wildman–Crippen MR) is 86.6 cm³/mol. The summed E-state index contributed by atoms with van der Waals surface area (Å²) in [5.41, 5.74) is 8.74. The van der Waals surface area contributed by atoms with Crippen molar-refractivity contribution in [2.24, 2.45) is 4.99 Å². The van der Waals surface area contributed by atoms with Crippen molar-refractivity contribution in [2.75, 3.05) is 5.73 Å². The lowest BCUT2D eigenvalue weighted by atomic mass is 10.0. The Bertz CT molecular complexity index is 980. The number of nitrogens with zero attached hydrogens (tertiary/aromatic N) is 1. The fourth-order valence-corrected chi connectivity index (χ4v) is 3.70. The predicted octanol–water partition coefficient (Wildman–Crippen LogP) is 3.24. The van der Waals surface area contributed by atoms with Crippen LogP contribution in [0.2, 0.25) is 0 Å². The molecule has 0 spiro atoms. The van der Waals surface area contributed by atoms with Gasteiger partial charge in [0.15, 0.2) is 0 Å². The lowest BCUT2D eigenvalue weighted by Gasteiger charge is -1.98. The molecule has 0 radical (unpaired) electrons. The molecule has 0 bridgehead atoms. The van der Waals surface area contributed by atoms with E-state index in [0.29, 0.717) is 0 Å². The van der Waals surface area contributed by atoms with Crippen LogP contribution in [0.1, 0.15) is 5.56 Å². The second-order valence-electron chi connectivity index (χ2n) is 4.88. The van der Waals surface area contributed by atoms with Gasteiger partial charge in [-0.1, -0.05) is 24.8 Å². The molecule has 0 atom stereocenters. The summed E-state index contributed by atoms with van der Waals surface area (Å²) >= 11 is 1.71. The van der Waals surface area contributed by atoms with Gasteiger partial charge in [0.25, 0.3) is 0 Å². The van der Waals surface area contributed by atoms with Crippen LogP contribution in [0.25, 0.3) is 21.7 Å². The van der Waals surface area contributed by atoms with Gasteiger partial charge in [0.2, 0.25) is 0 Å². The first-order valence-electron chi connectivity index (χ1n) is 6.39. The third kappa shape index (κ3) is 1.60. The zero-order valence-electron chi connectivity index (χ0n) is 10.8. The van der Waals surface area contributed by atoms with E-state index in [9.17, 15) is 0 Å². The minimum Gasteiger partial charge on any atom is -0.399 e. The van der Waals surface area contributed by atoms with Crippen LogP contribution < -0.4 is 16.3 Å². The quantitative estimate of drug-likeness (QED) is 0.629. The smallest absolute Gasteiger partial charge is 0.125 e. The summed E-state index contributed by atoms with van der Waals surface area (Å²) in [4.78, 5) is 4.80. The molecule has 2 heterocycles. The third-order valence-electron chi connectivity index (χ3n) is 3.50. The standard InChI is InChI=1S/C17H12N2S/c1-10-8-11-9-12(18)6-7-14(11)19-17-16(10)13-4-2-3-5-15(13)20-17/h2-9H,1,18H2. The fraction of sp³-hybridized carbons (Fsp3) is 0. The summed E-state index contributed by atoms with van der Waals surface area (Å²) < 4.78 is 1.25. The minimum absolute atomic E-state index is 0.748. The van der Waals surface area contributed by atoms with Crippen molar-refractivity contribution >= 4 is 43.8 Å². The highest BCUT2D eigenvalue weighted by Crippen LogP contribution is 2.41. The second-order valence-corrected chi connectivity index (χ2v) is 5.91. The van der Waals surface area contributed by atoms with Gasteiger partial charge in [0.05, 0.1) is 5.36 Å². The third-order valence-corrected chi connectivity index (χ3v) is 4.57. The van der Waals surface area contributed by atoms with Crippen molar-refractivity contribution in [3.8, 4) is 0 Å². The molecular formula is C17H12N2S. The van der Waals surface area contributed by atoms with Crippen LogP contribution in [0.4, 0.5) is 10.7 Å². The molecule has 2 N–H and O–H groups in total. The Morgan fingerprint density at radius 1 is 1.10 bits per heavy atom. The normalized spacial score (nSPS) is 13.1. The van der Waals surface area contributed by atoms with Crippen LogP contribution >= 0.6 is 11.3 Å². The number of benzene rings is 2. The van der Waals surface area contributed by atoms with Gasteiger partial charge in [-0.15, -0.1) is 11.3 Å². The molecule has 96 valence electrons. The SMILES string of the molecule is C=C1C=c2cc(N)ccc2=Nc2sc3ccccc3c21. The van der Waals surface area contributed by atoms with Crippen LogP contribution in [0.15, 0.2) is 54.0 Å². The van der Waals surface area contributed by atoms with Gasteiger partial charge < -0.3 is 5.73 Å². The molecule has 1 aromatic heterocycles. The van der Waals surface area contributed by atoms with Crippen LogP contribution in [0.5, 0.6) is 0 Å². The summed E-state index contributed by atoms with van der Waals surface area (Å²) in [5.74, 6) is 0. The highest BCUT2D eigenvalue weighted by Gasteiger charge is 2.14. The maximum Gasteiger partial charge on any atom is 0.125 e. The highest BCUT2D eigenvalue weighted by molar-refractivity contribution is 7.23. The number of hydrogen-bond donors (Lipinski definition) is 1. The molecule has 3 aromatic rings. The summed E-state index contributed by atoms with van der Waals surface area (Å²) in [6, 6.07) is 14.2. The molecule has 1 aliphatic heterocycles. The summed E-state index contributed by atoms with van der Waals surface area (Å²) in [6.07, 6.45) is 2.07. The van der Waals surface area contributed by atoms with Gasteiger partial charge in [0, 0.05) is 26.6 Å². The number of thiophene rings is 1. The van der Waals surface area contributed by atoms with Gasteiger partial charge in [-0.05, 0) is 35.9 Å². The van der Waals surface area contributed by atoms with Crippen molar-refractivity contribution in [3.05, 3.63) is 65.2 Å². The van der Waals surface area contributed by atoms with Crippen LogP contribution in [-0.4, -0.2) is 0 Å². The average molecular weight is 276 g/mol. The minimum atomic E-state index is 0.748. The van der Waals surface area contributed by atoms with Crippen molar-refractivity contribution in [2.45, 2.75) is 0 Å². The molecule has 0 saturated heterocycles. The highest BCUT2D eigenvalue weighted by atomic mass is 32.1. The Morgan fingerprint density at radius 3 is 2.85 bits per heavy atom. The molecule has 0 aliphatic carbocycles. The molecule has 20 heavy (non-hydrogen) atoms. The van der Waals surface area contributed by atoms with Gasteiger partial charge in [-0.3, -0.25) is 0 Å². The average Bonchev–Trinajstić information content (AvgIpc) is 2.73. The van der Waals surface area contributed by atoms with Crippen LogP contribution in [0.3, 0.4) is 0 Å². The largest absolute Gasteiger partial charge is 0.399 e. The summed E-state index contributed by atoms with van der Waals surface area (Å²) in [6.45, 7) is 4.22. The zero-order chi connectivity index (χ0) is 13.7. The zero-order valence-corrected chi connectivity index (χ0v) is 11.6. The molecule has 0 saturated carbocycles. The van der Waals surface area contributed by atoms with Crippen LogP contribution in [-0.2, 0) is 0 Å². The number of anilines is 1. The Hall–Kier alpha value is -2.39.